The Balaban J connectivity index is 0. The molecule has 2 aromatic rings. The van der Waals surface area contributed by atoms with Crippen molar-refractivity contribution in [1.29, 1.82) is 0 Å². The summed E-state index contributed by atoms with van der Waals surface area (Å²) in [6, 6.07) is 20.9. The number of nitrogens with zero attached hydrogens (tertiary/aromatic N) is 4. The summed E-state index contributed by atoms with van der Waals surface area (Å²) in [6.07, 6.45) is 11.9. The molecule has 4 nitrogen and oxygen atoms in total. The molecular weight excluding hydrogens is 666 g/mol. The molecule has 2 unspecified atom stereocenters. The van der Waals surface area contributed by atoms with Crippen molar-refractivity contribution in [2.45, 2.75) is 107 Å². The smallest absolute Gasteiger partial charge is 0.0954 e. The quantitative estimate of drug-likeness (QED) is 0.290. The van der Waals surface area contributed by atoms with Crippen LogP contribution in [0.4, 0.5) is 0 Å². The summed E-state index contributed by atoms with van der Waals surface area (Å²) >= 11 is 0. The van der Waals surface area contributed by atoms with Gasteiger partial charge in [0.05, 0.1) is 11.7 Å². The number of fused-ring (bicyclic) bond motifs is 2. The van der Waals surface area contributed by atoms with Crippen LogP contribution in [0.15, 0.2) is 82.0 Å². The molecule has 2 atom stereocenters. The third kappa shape index (κ3) is 10.0. The van der Waals surface area contributed by atoms with E-state index in [0.29, 0.717) is 0 Å². The van der Waals surface area contributed by atoms with Crippen molar-refractivity contribution in [3.05, 3.63) is 95.3 Å². The minimum atomic E-state index is -0.304. The summed E-state index contributed by atoms with van der Waals surface area (Å²) in [5.41, 5.74) is 4.48. The number of hydrogen-bond donors (Lipinski definition) is 0. The van der Waals surface area contributed by atoms with Crippen molar-refractivity contribution in [1.82, 2.24) is 9.80 Å². The van der Waals surface area contributed by atoms with E-state index in [9.17, 15) is 0 Å². The summed E-state index contributed by atoms with van der Waals surface area (Å²) in [4.78, 5) is 14.3. The largest absolute Gasteiger partial charge is 0.442 e. The zero-order valence-electron chi connectivity index (χ0n) is 26.0. The second-order valence-electron chi connectivity index (χ2n) is 9.85. The topological polar surface area (TPSA) is 31.2 Å². The molecule has 0 spiro atoms. The molecule has 6 heteroatoms. The standard InChI is InChI=1S/2C15H17N2.2C2H6.2CH4.2Y/c2*1-12-16-15(2,13-7-4-3-5-8-13)11-14-9-6-10-17(12)14;2*1-2;;;;/h2*3-5,7-8H,6,9-10H2,1-2H3;2*1-2H3;2*1H4;;/q2*-1;;;;;;. The maximum absolute atomic E-state index is 4.84. The third-order valence-electron chi connectivity index (χ3n) is 7.24. The number of hydrogen-bond acceptors (Lipinski definition) is 4. The summed E-state index contributed by atoms with van der Waals surface area (Å²) in [6.45, 7) is 18.7. The van der Waals surface area contributed by atoms with Crippen LogP contribution >= 0.6 is 0 Å². The summed E-state index contributed by atoms with van der Waals surface area (Å²) in [5, 5.41) is 0. The van der Waals surface area contributed by atoms with Gasteiger partial charge in [-0.25, -0.2) is 0 Å². The van der Waals surface area contributed by atoms with Crippen LogP contribution in [0.25, 0.3) is 0 Å². The van der Waals surface area contributed by atoms with Crippen molar-refractivity contribution in [2.24, 2.45) is 9.98 Å². The number of benzene rings is 2. The molecule has 0 N–H and O–H groups in total. The van der Waals surface area contributed by atoms with E-state index in [4.69, 9.17) is 9.98 Å². The van der Waals surface area contributed by atoms with Gasteiger partial charge in [-0.05, 0) is 50.6 Å². The molecule has 4 aliphatic heterocycles. The van der Waals surface area contributed by atoms with Crippen LogP contribution in [-0.2, 0) is 76.5 Å². The van der Waals surface area contributed by atoms with Gasteiger partial charge < -0.3 is 22.0 Å². The molecule has 226 valence electrons. The van der Waals surface area contributed by atoms with Gasteiger partial charge in [0.25, 0.3) is 0 Å². The van der Waals surface area contributed by atoms with Gasteiger partial charge >= 0.3 is 0 Å². The molecular formula is C36H54N4Y2-2. The number of aliphatic imine (C=N–C) groups is 2. The first-order valence-electron chi connectivity index (χ1n) is 14.4. The molecule has 0 saturated carbocycles. The Kier molecular flexibility index (Phi) is 20.7. The molecule has 42 heavy (non-hydrogen) atoms. The van der Waals surface area contributed by atoms with Crippen LogP contribution in [-0.4, -0.2) is 34.6 Å². The van der Waals surface area contributed by atoms with Gasteiger partial charge in [-0.15, -0.1) is 0 Å². The second kappa shape index (κ2) is 20.2. The van der Waals surface area contributed by atoms with Crippen LogP contribution in [0.2, 0.25) is 0 Å². The molecule has 0 bridgehead atoms. The minimum Gasteiger partial charge on any atom is -0.442 e. The van der Waals surface area contributed by atoms with E-state index in [0.717, 1.165) is 37.6 Å². The maximum atomic E-state index is 4.84. The van der Waals surface area contributed by atoms with Crippen molar-refractivity contribution in [3.63, 3.8) is 0 Å². The average Bonchev–Trinajstić information content (AvgIpc) is 3.62. The predicted molar refractivity (Wildman–Crippen MR) is 175 cm³/mol. The Morgan fingerprint density at radius 1 is 0.595 bits per heavy atom. The SMILES string of the molecule is C.C.CC.CC.CC1=NC(C)(c2ccccc2)[C-]=C2CCCN21.CC1=NC(C)(c2ccccc2)[C-]=C2CCCN21.[Y].[Y]. The molecule has 2 radical (unpaired) electrons. The molecule has 6 rings (SSSR count). The number of allylic oxidation sites excluding steroid dienone is 2. The third-order valence-corrected chi connectivity index (χ3v) is 7.24. The summed E-state index contributed by atoms with van der Waals surface area (Å²) in [5.74, 6) is 2.25. The maximum Gasteiger partial charge on any atom is 0.0954 e. The minimum absolute atomic E-state index is 0. The van der Waals surface area contributed by atoms with E-state index >= 15 is 0 Å². The van der Waals surface area contributed by atoms with E-state index in [1.807, 2.05) is 39.8 Å². The van der Waals surface area contributed by atoms with E-state index in [1.54, 1.807) is 0 Å². The van der Waals surface area contributed by atoms with Crippen molar-refractivity contribution >= 4 is 11.7 Å². The summed E-state index contributed by atoms with van der Waals surface area (Å²) < 4.78 is 0. The fourth-order valence-electron chi connectivity index (χ4n) is 5.51. The van der Waals surface area contributed by atoms with Crippen LogP contribution in [0, 0.1) is 12.2 Å². The fourth-order valence-corrected chi connectivity index (χ4v) is 5.51. The van der Waals surface area contributed by atoms with Gasteiger partial charge in [-0.3, -0.25) is 9.98 Å². The van der Waals surface area contributed by atoms with Crippen LogP contribution in [0.1, 0.15) is 107 Å². The van der Waals surface area contributed by atoms with Gasteiger partial charge in [0.1, 0.15) is 0 Å². The van der Waals surface area contributed by atoms with E-state index in [1.165, 1.54) is 35.4 Å². The van der Waals surface area contributed by atoms with Gasteiger partial charge in [0.15, 0.2) is 0 Å². The first kappa shape index (κ1) is 43.2. The van der Waals surface area contributed by atoms with E-state index in [-0.39, 0.29) is 91.3 Å². The van der Waals surface area contributed by atoms with Crippen molar-refractivity contribution in [3.8, 4) is 0 Å². The molecule has 2 fully saturated rings. The van der Waals surface area contributed by atoms with E-state index in [2.05, 4.69) is 98.2 Å². The Morgan fingerprint density at radius 2 is 0.905 bits per heavy atom. The van der Waals surface area contributed by atoms with Gasteiger partial charge in [0, 0.05) is 78.5 Å². The van der Waals surface area contributed by atoms with Crippen molar-refractivity contribution in [2.75, 3.05) is 13.1 Å². The number of amidine groups is 2. The van der Waals surface area contributed by atoms with Gasteiger partial charge in [-0.2, -0.15) is 11.4 Å². The molecule has 4 heterocycles. The van der Waals surface area contributed by atoms with E-state index < -0.39 is 0 Å². The summed E-state index contributed by atoms with van der Waals surface area (Å²) in [7, 11) is 0. The molecule has 2 saturated heterocycles. The predicted octanol–water partition coefficient (Wildman–Crippen LogP) is 9.55. The number of rotatable bonds is 2. The normalized spacial score (nSPS) is 22.6. The molecule has 0 aromatic heterocycles. The zero-order valence-corrected chi connectivity index (χ0v) is 31.6. The first-order chi connectivity index (χ1) is 18.4. The molecule has 4 aliphatic rings. The molecule has 0 aliphatic carbocycles. The Bertz CT molecular complexity index is 1080. The van der Waals surface area contributed by atoms with Crippen LogP contribution < -0.4 is 0 Å². The monoisotopic (exact) mass is 720 g/mol. The van der Waals surface area contributed by atoms with Crippen LogP contribution in [0.3, 0.4) is 0 Å². The van der Waals surface area contributed by atoms with Crippen LogP contribution in [0.5, 0.6) is 0 Å². The second-order valence-corrected chi connectivity index (χ2v) is 9.85. The van der Waals surface area contributed by atoms with Crippen molar-refractivity contribution < 1.29 is 65.4 Å². The fraction of sp³-hybridized carbons (Fsp3) is 0.500. The molecule has 2 aromatic carbocycles. The Labute approximate surface area is 309 Å². The average molecular weight is 721 g/mol. The molecule has 0 amide bonds. The van der Waals surface area contributed by atoms with Gasteiger partial charge in [-0.1, -0.05) is 128 Å². The Hall–Kier alpha value is -0.932. The Morgan fingerprint density at radius 3 is 1.21 bits per heavy atom. The first-order valence-corrected chi connectivity index (χ1v) is 14.4. The zero-order chi connectivity index (χ0) is 27.8. The van der Waals surface area contributed by atoms with Gasteiger partial charge in [0.2, 0.25) is 0 Å².